The van der Waals surface area contributed by atoms with Crippen LogP contribution in [-0.4, -0.2) is 28.6 Å². The SMILES string of the molecule is CC(C)C(NC(=O)C(C)(N)C1CC1)C(=O)O. The minimum Gasteiger partial charge on any atom is -0.480 e. The molecular formula is C11H20N2O3. The molecule has 0 bridgehead atoms. The first-order valence-corrected chi connectivity index (χ1v) is 5.59. The second kappa shape index (κ2) is 4.41. The van der Waals surface area contributed by atoms with Crippen molar-refractivity contribution in [3.05, 3.63) is 0 Å². The molecule has 0 heterocycles. The highest BCUT2D eigenvalue weighted by Gasteiger charge is 2.45. The number of hydrogen-bond acceptors (Lipinski definition) is 3. The monoisotopic (exact) mass is 228 g/mol. The summed E-state index contributed by atoms with van der Waals surface area (Å²) in [6.45, 7) is 5.17. The van der Waals surface area contributed by atoms with Gasteiger partial charge in [0.1, 0.15) is 6.04 Å². The minimum atomic E-state index is -1.02. The fraction of sp³-hybridized carbons (Fsp3) is 0.818. The first-order chi connectivity index (χ1) is 7.26. The van der Waals surface area contributed by atoms with E-state index in [4.69, 9.17) is 10.8 Å². The zero-order chi connectivity index (χ0) is 12.5. The van der Waals surface area contributed by atoms with Crippen molar-refractivity contribution in [3.8, 4) is 0 Å². The summed E-state index contributed by atoms with van der Waals surface area (Å²) in [6.07, 6.45) is 1.89. The van der Waals surface area contributed by atoms with Crippen LogP contribution in [0.3, 0.4) is 0 Å². The molecule has 0 aromatic carbocycles. The summed E-state index contributed by atoms with van der Waals surface area (Å²) < 4.78 is 0. The summed E-state index contributed by atoms with van der Waals surface area (Å²) >= 11 is 0. The number of carboxylic acids is 1. The van der Waals surface area contributed by atoms with E-state index in [2.05, 4.69) is 5.32 Å². The molecule has 0 saturated heterocycles. The Morgan fingerprint density at radius 2 is 1.94 bits per heavy atom. The van der Waals surface area contributed by atoms with Crippen molar-refractivity contribution in [2.45, 2.75) is 45.2 Å². The summed E-state index contributed by atoms with van der Waals surface area (Å²) in [5.74, 6) is -1.35. The second-order valence-corrected chi connectivity index (χ2v) is 5.09. The lowest BCUT2D eigenvalue weighted by molar-refractivity contribution is -0.144. The molecule has 1 fully saturated rings. The van der Waals surface area contributed by atoms with Crippen molar-refractivity contribution >= 4 is 11.9 Å². The average Bonchev–Trinajstić information content (AvgIpc) is 2.95. The van der Waals surface area contributed by atoms with Crippen LogP contribution in [0.2, 0.25) is 0 Å². The van der Waals surface area contributed by atoms with Crippen LogP contribution >= 0.6 is 0 Å². The van der Waals surface area contributed by atoms with Crippen LogP contribution in [-0.2, 0) is 9.59 Å². The Bertz CT molecular complexity index is 296. The van der Waals surface area contributed by atoms with Crippen LogP contribution in [0.25, 0.3) is 0 Å². The third-order valence-corrected chi connectivity index (χ3v) is 3.13. The Morgan fingerprint density at radius 1 is 1.44 bits per heavy atom. The van der Waals surface area contributed by atoms with E-state index < -0.39 is 17.6 Å². The average molecular weight is 228 g/mol. The van der Waals surface area contributed by atoms with E-state index in [1.54, 1.807) is 20.8 Å². The number of carbonyl (C=O) groups is 2. The summed E-state index contributed by atoms with van der Waals surface area (Å²) in [6, 6.07) is -0.867. The number of carbonyl (C=O) groups excluding carboxylic acids is 1. The van der Waals surface area contributed by atoms with Gasteiger partial charge in [0, 0.05) is 0 Å². The van der Waals surface area contributed by atoms with Gasteiger partial charge >= 0.3 is 5.97 Å². The van der Waals surface area contributed by atoms with Crippen molar-refractivity contribution in [1.29, 1.82) is 0 Å². The Kier molecular flexibility index (Phi) is 3.57. The summed E-state index contributed by atoms with van der Waals surface area (Å²) in [4.78, 5) is 22.8. The van der Waals surface area contributed by atoms with Crippen molar-refractivity contribution in [3.63, 3.8) is 0 Å². The van der Waals surface area contributed by atoms with Gasteiger partial charge < -0.3 is 16.2 Å². The van der Waals surface area contributed by atoms with Gasteiger partial charge in [0.05, 0.1) is 5.54 Å². The van der Waals surface area contributed by atoms with E-state index in [1.165, 1.54) is 0 Å². The number of nitrogens with one attached hydrogen (secondary N) is 1. The van der Waals surface area contributed by atoms with Gasteiger partial charge in [-0.1, -0.05) is 13.8 Å². The molecule has 1 rings (SSSR count). The lowest BCUT2D eigenvalue weighted by Gasteiger charge is -2.27. The molecule has 92 valence electrons. The molecule has 2 atom stereocenters. The number of carboxylic acid groups (broad SMARTS) is 1. The Balaban J connectivity index is 2.64. The first-order valence-electron chi connectivity index (χ1n) is 5.59. The highest BCUT2D eigenvalue weighted by Crippen LogP contribution is 2.38. The zero-order valence-corrected chi connectivity index (χ0v) is 9.99. The zero-order valence-electron chi connectivity index (χ0n) is 9.99. The highest BCUT2D eigenvalue weighted by molar-refractivity contribution is 5.90. The fourth-order valence-corrected chi connectivity index (χ4v) is 1.68. The number of rotatable bonds is 5. The number of amides is 1. The van der Waals surface area contributed by atoms with E-state index >= 15 is 0 Å². The third-order valence-electron chi connectivity index (χ3n) is 3.13. The van der Waals surface area contributed by atoms with Gasteiger partial charge in [-0.15, -0.1) is 0 Å². The predicted molar refractivity (Wildman–Crippen MR) is 59.7 cm³/mol. The number of hydrogen-bond donors (Lipinski definition) is 3. The molecule has 2 unspecified atom stereocenters. The van der Waals surface area contributed by atoms with Crippen LogP contribution in [0.5, 0.6) is 0 Å². The van der Waals surface area contributed by atoms with Gasteiger partial charge in [-0.3, -0.25) is 4.79 Å². The second-order valence-electron chi connectivity index (χ2n) is 5.09. The van der Waals surface area contributed by atoms with Gasteiger partial charge in [-0.25, -0.2) is 4.79 Å². The lowest BCUT2D eigenvalue weighted by Crippen LogP contribution is -2.58. The number of nitrogens with two attached hydrogens (primary N) is 1. The van der Waals surface area contributed by atoms with Crippen LogP contribution < -0.4 is 11.1 Å². The Labute approximate surface area is 95.4 Å². The molecule has 0 aliphatic heterocycles. The van der Waals surface area contributed by atoms with Gasteiger partial charge in [0.2, 0.25) is 5.91 Å². The molecule has 16 heavy (non-hydrogen) atoms. The molecule has 5 heteroatoms. The summed E-state index contributed by atoms with van der Waals surface area (Å²) in [7, 11) is 0. The van der Waals surface area contributed by atoms with Crippen LogP contribution in [0, 0.1) is 11.8 Å². The molecule has 1 amide bonds. The van der Waals surface area contributed by atoms with Crippen molar-refractivity contribution in [2.75, 3.05) is 0 Å². The highest BCUT2D eigenvalue weighted by atomic mass is 16.4. The molecule has 0 spiro atoms. The van der Waals surface area contributed by atoms with Gasteiger partial charge in [0.15, 0.2) is 0 Å². The number of aliphatic carboxylic acids is 1. The molecule has 0 aromatic heterocycles. The molecule has 1 aliphatic rings. The Hall–Kier alpha value is -1.10. The molecule has 0 radical (unpaired) electrons. The smallest absolute Gasteiger partial charge is 0.326 e. The fourth-order valence-electron chi connectivity index (χ4n) is 1.68. The quantitative estimate of drug-likeness (QED) is 0.632. The van der Waals surface area contributed by atoms with Crippen LogP contribution in [0.4, 0.5) is 0 Å². The summed E-state index contributed by atoms with van der Waals surface area (Å²) in [5.41, 5.74) is 4.97. The van der Waals surface area contributed by atoms with Crippen molar-refractivity contribution < 1.29 is 14.7 Å². The third kappa shape index (κ3) is 2.72. The normalized spacial score (nSPS) is 21.3. The van der Waals surface area contributed by atoms with Crippen LogP contribution in [0.15, 0.2) is 0 Å². The Morgan fingerprint density at radius 3 is 2.25 bits per heavy atom. The molecule has 4 N–H and O–H groups in total. The van der Waals surface area contributed by atoms with E-state index in [0.717, 1.165) is 12.8 Å². The molecule has 1 aliphatic carbocycles. The van der Waals surface area contributed by atoms with Crippen molar-refractivity contribution in [2.24, 2.45) is 17.6 Å². The van der Waals surface area contributed by atoms with E-state index in [-0.39, 0.29) is 17.7 Å². The largest absolute Gasteiger partial charge is 0.480 e. The van der Waals surface area contributed by atoms with E-state index in [9.17, 15) is 9.59 Å². The standard InChI is InChI=1S/C11H20N2O3/c1-6(2)8(9(14)15)13-10(16)11(3,12)7-4-5-7/h6-8H,4-5,12H2,1-3H3,(H,13,16)(H,14,15). The molecule has 1 saturated carbocycles. The molecule has 0 aromatic rings. The summed E-state index contributed by atoms with van der Waals surface area (Å²) in [5, 5.41) is 11.5. The maximum atomic E-state index is 11.9. The van der Waals surface area contributed by atoms with Gasteiger partial charge in [0.25, 0.3) is 0 Å². The predicted octanol–water partition coefficient (Wildman–Crippen LogP) is 0.339. The lowest BCUT2D eigenvalue weighted by atomic mass is 9.94. The molecule has 5 nitrogen and oxygen atoms in total. The minimum absolute atomic E-state index is 0.156. The van der Waals surface area contributed by atoms with E-state index in [0.29, 0.717) is 0 Å². The maximum Gasteiger partial charge on any atom is 0.326 e. The maximum absolute atomic E-state index is 11.9. The first kappa shape index (κ1) is 13.0. The van der Waals surface area contributed by atoms with Gasteiger partial charge in [-0.2, -0.15) is 0 Å². The molecular weight excluding hydrogens is 208 g/mol. The topological polar surface area (TPSA) is 92.4 Å². The van der Waals surface area contributed by atoms with Crippen LogP contribution in [0.1, 0.15) is 33.6 Å². The van der Waals surface area contributed by atoms with E-state index in [1.807, 2.05) is 0 Å². The van der Waals surface area contributed by atoms with Crippen molar-refractivity contribution in [1.82, 2.24) is 5.32 Å². The van der Waals surface area contributed by atoms with Gasteiger partial charge in [-0.05, 0) is 31.6 Å².